The topological polar surface area (TPSA) is 85.1 Å². The van der Waals surface area contributed by atoms with E-state index in [1.165, 1.54) is 6.07 Å². The number of sulfonamides is 1. The Morgan fingerprint density at radius 3 is 2.59 bits per heavy atom. The molecule has 1 aromatic carbocycles. The van der Waals surface area contributed by atoms with Crippen molar-refractivity contribution in [1.82, 2.24) is 10.3 Å². The highest BCUT2D eigenvalue weighted by atomic mass is 79.9. The monoisotopic (exact) mass is 317 g/mol. The summed E-state index contributed by atoms with van der Waals surface area (Å²) in [5.74, 6) is 0.0840. The molecule has 2 aromatic rings. The third kappa shape index (κ3) is 2.47. The van der Waals surface area contributed by atoms with Crippen molar-refractivity contribution in [2.45, 2.75) is 11.8 Å². The van der Waals surface area contributed by atoms with E-state index in [4.69, 9.17) is 0 Å². The van der Waals surface area contributed by atoms with Gasteiger partial charge in [0, 0.05) is 4.47 Å². The van der Waals surface area contributed by atoms with Gasteiger partial charge in [0.05, 0.1) is 0 Å². The number of anilines is 1. The molecule has 0 bridgehead atoms. The molecule has 0 unspecified atom stereocenters. The van der Waals surface area contributed by atoms with Crippen LogP contribution in [0.3, 0.4) is 0 Å². The lowest BCUT2D eigenvalue weighted by Gasteiger charge is -2.06. The van der Waals surface area contributed by atoms with E-state index in [-0.39, 0.29) is 10.7 Å². The summed E-state index contributed by atoms with van der Waals surface area (Å²) in [4.78, 5) is 0.127. The Morgan fingerprint density at radius 2 is 2.00 bits per heavy atom. The first-order valence-corrected chi connectivity index (χ1v) is 6.85. The molecule has 0 fully saturated rings. The molecule has 0 radical (unpaired) electrons. The highest BCUT2D eigenvalue weighted by molar-refractivity contribution is 9.10. The van der Waals surface area contributed by atoms with E-state index in [9.17, 15) is 8.42 Å². The third-order valence-electron chi connectivity index (χ3n) is 2.01. The van der Waals surface area contributed by atoms with Crippen LogP contribution in [0.2, 0.25) is 0 Å². The van der Waals surface area contributed by atoms with Crippen LogP contribution in [0.25, 0.3) is 0 Å². The fourth-order valence-corrected chi connectivity index (χ4v) is 3.23. The second kappa shape index (κ2) is 4.46. The van der Waals surface area contributed by atoms with Gasteiger partial charge >= 0.3 is 0 Å². The molecule has 2 rings (SSSR count). The maximum Gasteiger partial charge on any atom is 0.264 e. The van der Waals surface area contributed by atoms with Crippen LogP contribution in [-0.4, -0.2) is 18.7 Å². The second-order valence-corrected chi connectivity index (χ2v) is 5.74. The Morgan fingerprint density at radius 1 is 1.29 bits per heavy atom. The van der Waals surface area contributed by atoms with E-state index in [0.717, 1.165) is 0 Å². The van der Waals surface area contributed by atoms with Crippen molar-refractivity contribution in [3.05, 3.63) is 34.4 Å². The lowest BCUT2D eigenvalue weighted by atomic mass is 10.4. The number of nitrogens with one attached hydrogen (secondary N) is 1. The van der Waals surface area contributed by atoms with Gasteiger partial charge in [-0.2, -0.15) is 0 Å². The van der Waals surface area contributed by atoms with E-state index in [2.05, 4.69) is 35.6 Å². The second-order valence-electron chi connectivity index (χ2n) is 3.23. The van der Waals surface area contributed by atoms with Gasteiger partial charge in [0.25, 0.3) is 10.0 Å². The van der Waals surface area contributed by atoms with Gasteiger partial charge in [-0.05, 0) is 40.1 Å². The van der Waals surface area contributed by atoms with Gasteiger partial charge in [0.15, 0.2) is 0 Å². The summed E-state index contributed by atoms with van der Waals surface area (Å²) < 4.78 is 31.2. The molecule has 0 saturated heterocycles. The maximum absolute atomic E-state index is 12.0. The first-order chi connectivity index (χ1) is 8.00. The molecule has 1 N–H and O–H groups in total. The zero-order valence-corrected chi connectivity index (χ0v) is 11.1. The molecule has 0 saturated carbocycles. The fourth-order valence-electron chi connectivity index (χ4n) is 1.17. The molecule has 17 heavy (non-hydrogen) atoms. The summed E-state index contributed by atoms with van der Waals surface area (Å²) in [6, 6.07) is 6.48. The molecule has 8 heteroatoms. The highest BCUT2D eigenvalue weighted by Gasteiger charge is 2.20. The zero-order chi connectivity index (χ0) is 12.5. The van der Waals surface area contributed by atoms with E-state index in [1.54, 1.807) is 25.1 Å². The third-order valence-corrected chi connectivity index (χ3v) is 4.36. The van der Waals surface area contributed by atoms with Crippen molar-refractivity contribution in [3.8, 4) is 0 Å². The highest BCUT2D eigenvalue weighted by Crippen LogP contribution is 2.23. The van der Waals surface area contributed by atoms with E-state index in [1.807, 2.05) is 0 Å². The van der Waals surface area contributed by atoms with Gasteiger partial charge in [-0.25, -0.2) is 13.0 Å². The zero-order valence-electron chi connectivity index (χ0n) is 8.71. The van der Waals surface area contributed by atoms with Crippen LogP contribution >= 0.6 is 15.9 Å². The number of benzene rings is 1. The average molecular weight is 318 g/mol. The van der Waals surface area contributed by atoms with Crippen LogP contribution in [0.15, 0.2) is 38.3 Å². The lowest BCUT2D eigenvalue weighted by Crippen LogP contribution is -2.14. The quantitative estimate of drug-likeness (QED) is 0.935. The van der Waals surface area contributed by atoms with Gasteiger partial charge < -0.3 is 0 Å². The largest absolute Gasteiger partial charge is 0.264 e. The summed E-state index contributed by atoms with van der Waals surface area (Å²) in [5, 5.41) is 6.96. The van der Waals surface area contributed by atoms with Crippen LogP contribution in [-0.2, 0) is 10.0 Å². The van der Waals surface area contributed by atoms with Gasteiger partial charge in [-0.15, -0.1) is 0 Å². The molecule has 0 aliphatic rings. The van der Waals surface area contributed by atoms with E-state index in [0.29, 0.717) is 10.2 Å². The van der Waals surface area contributed by atoms with Crippen LogP contribution in [0.1, 0.15) is 5.69 Å². The Bertz CT molecular complexity index is 638. The summed E-state index contributed by atoms with van der Waals surface area (Å²) in [6.45, 7) is 1.59. The van der Waals surface area contributed by atoms with Crippen molar-refractivity contribution < 1.29 is 13.0 Å². The minimum atomic E-state index is -3.70. The molecule has 0 aliphatic carbocycles. The Kier molecular flexibility index (Phi) is 3.16. The van der Waals surface area contributed by atoms with E-state index >= 15 is 0 Å². The molecular formula is C9H8BrN3O3S. The average Bonchev–Trinajstić information content (AvgIpc) is 2.64. The predicted molar refractivity (Wildman–Crippen MR) is 64.0 cm³/mol. The molecular weight excluding hydrogens is 310 g/mol. The number of hydrogen-bond acceptors (Lipinski definition) is 5. The Labute approximate surface area is 106 Å². The number of aromatic nitrogens is 2. The summed E-state index contributed by atoms with van der Waals surface area (Å²) in [6.07, 6.45) is 0. The summed E-state index contributed by atoms with van der Waals surface area (Å²) in [7, 11) is -3.70. The van der Waals surface area contributed by atoms with Gasteiger partial charge in [-0.3, -0.25) is 4.72 Å². The lowest BCUT2D eigenvalue weighted by molar-refractivity contribution is 0.306. The van der Waals surface area contributed by atoms with Crippen molar-refractivity contribution in [2.24, 2.45) is 0 Å². The van der Waals surface area contributed by atoms with Crippen LogP contribution in [0.4, 0.5) is 5.82 Å². The molecule has 1 heterocycles. The van der Waals surface area contributed by atoms with Crippen molar-refractivity contribution >= 4 is 31.8 Å². The predicted octanol–water partition coefficient (Wildman–Crippen LogP) is 1.94. The standard InChI is InChI=1S/C9H8BrN3O3S/c1-6-9(12-16-11-6)13-17(14,15)8-5-3-2-4-7(8)10/h2-5H,1H3,(H,12,13). The summed E-state index contributed by atoms with van der Waals surface area (Å²) in [5.41, 5.74) is 0.376. The molecule has 0 spiro atoms. The van der Waals surface area contributed by atoms with Gasteiger partial charge in [-0.1, -0.05) is 17.3 Å². The van der Waals surface area contributed by atoms with Gasteiger partial charge in [0.1, 0.15) is 10.6 Å². The minimum absolute atomic E-state index is 0.0840. The van der Waals surface area contributed by atoms with Crippen molar-refractivity contribution in [2.75, 3.05) is 4.72 Å². The van der Waals surface area contributed by atoms with E-state index < -0.39 is 10.0 Å². The Balaban J connectivity index is 2.39. The number of hydrogen-bond donors (Lipinski definition) is 1. The van der Waals surface area contributed by atoms with Crippen LogP contribution in [0, 0.1) is 6.92 Å². The molecule has 0 amide bonds. The van der Waals surface area contributed by atoms with Crippen LogP contribution < -0.4 is 4.72 Å². The number of aryl methyl sites for hydroxylation is 1. The SMILES string of the molecule is Cc1nonc1NS(=O)(=O)c1ccccc1Br. The summed E-state index contributed by atoms with van der Waals surface area (Å²) >= 11 is 3.18. The van der Waals surface area contributed by atoms with Crippen LogP contribution in [0.5, 0.6) is 0 Å². The first kappa shape index (κ1) is 12.1. The molecule has 6 nitrogen and oxygen atoms in total. The normalized spacial score (nSPS) is 11.4. The molecule has 1 aromatic heterocycles. The number of nitrogens with zero attached hydrogens (tertiary/aromatic N) is 2. The fraction of sp³-hybridized carbons (Fsp3) is 0.111. The minimum Gasteiger partial charge on any atom is -0.259 e. The van der Waals surface area contributed by atoms with Crippen molar-refractivity contribution in [3.63, 3.8) is 0 Å². The molecule has 90 valence electrons. The first-order valence-electron chi connectivity index (χ1n) is 4.57. The maximum atomic E-state index is 12.0. The number of halogens is 1. The van der Waals surface area contributed by atoms with Gasteiger partial charge in [0.2, 0.25) is 5.82 Å². The molecule has 0 aliphatic heterocycles. The smallest absolute Gasteiger partial charge is 0.259 e. The molecule has 0 atom stereocenters. The Hall–Kier alpha value is -1.41. The number of rotatable bonds is 3. The van der Waals surface area contributed by atoms with Crippen molar-refractivity contribution in [1.29, 1.82) is 0 Å².